The fraction of sp³-hybridized carbons (Fsp3) is 0.385. The molecule has 0 saturated heterocycles. The lowest BCUT2D eigenvalue weighted by Gasteiger charge is -2.09. The van der Waals surface area contributed by atoms with E-state index in [9.17, 15) is 9.59 Å². The summed E-state index contributed by atoms with van der Waals surface area (Å²) in [4.78, 5) is 22.3. The van der Waals surface area contributed by atoms with Gasteiger partial charge < -0.3 is 14.2 Å². The van der Waals surface area contributed by atoms with Crippen molar-refractivity contribution in [3.05, 3.63) is 23.8 Å². The van der Waals surface area contributed by atoms with Gasteiger partial charge in [0, 0.05) is 12.5 Å². The molecular formula is C13H18N2O5. The Morgan fingerprint density at radius 1 is 1.00 bits per heavy atom. The molecule has 2 amide bonds. The molecule has 0 heterocycles. The summed E-state index contributed by atoms with van der Waals surface area (Å²) >= 11 is 0. The highest BCUT2D eigenvalue weighted by Gasteiger charge is 2.07. The van der Waals surface area contributed by atoms with Gasteiger partial charge in [-0.05, 0) is 24.1 Å². The highest BCUT2D eigenvalue weighted by molar-refractivity contribution is 5.79. The summed E-state index contributed by atoms with van der Waals surface area (Å²) in [7, 11) is 4.33. The molecule has 1 rings (SSSR count). The molecule has 7 heteroatoms. The Balaban J connectivity index is 2.52. The Bertz CT molecular complexity index is 454. The molecule has 0 bridgehead atoms. The SMILES string of the molecule is COC(=O)NNC(=O)CCc1cc(OC)cc(OC)c1. The van der Waals surface area contributed by atoms with Gasteiger partial charge in [-0.25, -0.2) is 10.2 Å². The van der Waals surface area contributed by atoms with Crippen molar-refractivity contribution in [1.29, 1.82) is 0 Å². The zero-order valence-electron chi connectivity index (χ0n) is 11.7. The van der Waals surface area contributed by atoms with E-state index < -0.39 is 6.09 Å². The summed E-state index contributed by atoms with van der Waals surface area (Å²) in [6.45, 7) is 0. The van der Waals surface area contributed by atoms with Gasteiger partial charge in [0.05, 0.1) is 21.3 Å². The normalized spacial score (nSPS) is 9.55. The summed E-state index contributed by atoms with van der Waals surface area (Å²) in [5, 5.41) is 0. The minimum absolute atomic E-state index is 0.209. The van der Waals surface area contributed by atoms with Crippen molar-refractivity contribution in [2.24, 2.45) is 0 Å². The molecular weight excluding hydrogens is 264 g/mol. The average Bonchev–Trinajstić information content (AvgIpc) is 2.49. The number of benzene rings is 1. The van der Waals surface area contributed by atoms with Crippen LogP contribution in [0.15, 0.2) is 18.2 Å². The Morgan fingerprint density at radius 2 is 1.60 bits per heavy atom. The number of aryl methyl sites for hydroxylation is 1. The number of hydrazine groups is 1. The van der Waals surface area contributed by atoms with Crippen molar-refractivity contribution >= 4 is 12.0 Å². The summed E-state index contributed by atoms with van der Waals surface area (Å²) in [6.07, 6.45) is -0.0239. The Hall–Kier alpha value is -2.44. The molecule has 0 aliphatic rings. The Morgan fingerprint density at radius 3 is 2.10 bits per heavy atom. The summed E-state index contributed by atoms with van der Waals surface area (Å²) in [6, 6.07) is 5.40. The molecule has 1 aromatic carbocycles. The van der Waals surface area contributed by atoms with Crippen LogP contribution >= 0.6 is 0 Å². The summed E-state index contributed by atoms with van der Waals surface area (Å²) < 4.78 is 14.6. The molecule has 0 spiro atoms. The van der Waals surface area contributed by atoms with Crippen molar-refractivity contribution in [2.75, 3.05) is 21.3 Å². The molecule has 2 N–H and O–H groups in total. The van der Waals surface area contributed by atoms with Crippen LogP contribution in [0, 0.1) is 0 Å². The molecule has 20 heavy (non-hydrogen) atoms. The van der Waals surface area contributed by atoms with Crippen molar-refractivity contribution in [3.63, 3.8) is 0 Å². The van der Waals surface area contributed by atoms with E-state index >= 15 is 0 Å². The third kappa shape index (κ3) is 5.05. The standard InChI is InChI=1S/C13H18N2O5/c1-18-10-6-9(7-11(8-10)19-2)4-5-12(16)14-15-13(17)20-3/h6-8H,4-5H2,1-3H3,(H,14,16)(H,15,17). The van der Waals surface area contributed by atoms with Crippen molar-refractivity contribution in [1.82, 2.24) is 10.9 Å². The zero-order chi connectivity index (χ0) is 15.0. The number of methoxy groups -OCH3 is 3. The highest BCUT2D eigenvalue weighted by Crippen LogP contribution is 2.23. The van der Waals surface area contributed by atoms with Crippen LogP contribution in [0.5, 0.6) is 11.5 Å². The lowest BCUT2D eigenvalue weighted by molar-refractivity contribution is -0.121. The predicted molar refractivity (Wildman–Crippen MR) is 71.6 cm³/mol. The quantitative estimate of drug-likeness (QED) is 0.788. The first kappa shape index (κ1) is 15.6. The first-order valence-corrected chi connectivity index (χ1v) is 5.93. The number of hydrogen-bond acceptors (Lipinski definition) is 5. The smallest absolute Gasteiger partial charge is 0.425 e. The van der Waals surface area contributed by atoms with E-state index in [1.54, 1.807) is 20.3 Å². The van der Waals surface area contributed by atoms with E-state index in [0.29, 0.717) is 17.9 Å². The molecule has 1 aromatic rings. The lowest BCUT2D eigenvalue weighted by Crippen LogP contribution is -2.41. The van der Waals surface area contributed by atoms with E-state index in [2.05, 4.69) is 15.6 Å². The zero-order valence-corrected chi connectivity index (χ0v) is 11.7. The molecule has 0 aromatic heterocycles. The van der Waals surface area contributed by atoms with Crippen LogP contribution in [0.25, 0.3) is 0 Å². The maximum Gasteiger partial charge on any atom is 0.425 e. The van der Waals surface area contributed by atoms with Gasteiger partial charge in [0.25, 0.3) is 0 Å². The first-order chi connectivity index (χ1) is 9.58. The average molecular weight is 282 g/mol. The van der Waals surface area contributed by atoms with Gasteiger partial charge in [-0.15, -0.1) is 0 Å². The van der Waals surface area contributed by atoms with Crippen molar-refractivity contribution in [3.8, 4) is 11.5 Å². The van der Waals surface area contributed by atoms with Crippen molar-refractivity contribution in [2.45, 2.75) is 12.8 Å². The number of carbonyl (C=O) groups excluding carboxylic acids is 2. The third-order valence-electron chi connectivity index (χ3n) is 2.54. The van der Waals surface area contributed by atoms with E-state index in [0.717, 1.165) is 5.56 Å². The predicted octanol–water partition coefficient (Wildman–Crippen LogP) is 1.02. The van der Waals surface area contributed by atoms with Crippen LogP contribution in [-0.4, -0.2) is 33.3 Å². The van der Waals surface area contributed by atoms with E-state index in [-0.39, 0.29) is 12.3 Å². The van der Waals surface area contributed by atoms with Gasteiger partial charge in [-0.2, -0.15) is 0 Å². The van der Waals surface area contributed by atoms with Gasteiger partial charge in [0.2, 0.25) is 5.91 Å². The largest absolute Gasteiger partial charge is 0.497 e. The van der Waals surface area contributed by atoms with E-state index in [1.165, 1.54) is 7.11 Å². The van der Waals surface area contributed by atoms with Gasteiger partial charge in [-0.3, -0.25) is 10.2 Å². The molecule has 0 aliphatic heterocycles. The molecule has 0 atom stereocenters. The molecule has 0 saturated carbocycles. The maximum atomic E-state index is 11.5. The second kappa shape index (κ2) is 7.88. The monoisotopic (exact) mass is 282 g/mol. The second-order valence-electron chi connectivity index (χ2n) is 3.89. The van der Waals surface area contributed by atoms with Gasteiger partial charge >= 0.3 is 6.09 Å². The van der Waals surface area contributed by atoms with Crippen LogP contribution in [-0.2, 0) is 16.0 Å². The van der Waals surface area contributed by atoms with Crippen LogP contribution in [0.3, 0.4) is 0 Å². The van der Waals surface area contributed by atoms with Crippen LogP contribution in [0.2, 0.25) is 0 Å². The Kier molecular flexibility index (Phi) is 6.15. The van der Waals surface area contributed by atoms with Crippen LogP contribution in [0.4, 0.5) is 4.79 Å². The van der Waals surface area contributed by atoms with E-state index in [1.807, 2.05) is 12.1 Å². The number of amides is 2. The first-order valence-electron chi connectivity index (χ1n) is 5.93. The Labute approximate surface area is 117 Å². The summed E-state index contributed by atoms with van der Waals surface area (Å²) in [5.74, 6) is 0.997. The second-order valence-corrected chi connectivity index (χ2v) is 3.89. The van der Waals surface area contributed by atoms with Gasteiger partial charge in [0.15, 0.2) is 0 Å². The fourth-order valence-corrected chi connectivity index (χ4v) is 1.50. The number of hydrogen-bond donors (Lipinski definition) is 2. The maximum absolute atomic E-state index is 11.5. The number of nitrogens with one attached hydrogen (secondary N) is 2. The van der Waals surface area contributed by atoms with Crippen LogP contribution < -0.4 is 20.3 Å². The molecule has 0 radical (unpaired) electrons. The van der Waals surface area contributed by atoms with Gasteiger partial charge in [0.1, 0.15) is 11.5 Å². The lowest BCUT2D eigenvalue weighted by atomic mass is 10.1. The molecule has 0 aliphatic carbocycles. The minimum atomic E-state index is -0.721. The highest BCUT2D eigenvalue weighted by atomic mass is 16.5. The molecule has 110 valence electrons. The topological polar surface area (TPSA) is 85.9 Å². The van der Waals surface area contributed by atoms with E-state index in [4.69, 9.17) is 9.47 Å². The minimum Gasteiger partial charge on any atom is -0.497 e. The third-order valence-corrected chi connectivity index (χ3v) is 2.54. The summed E-state index contributed by atoms with van der Waals surface area (Å²) in [5.41, 5.74) is 5.24. The molecule has 0 unspecified atom stereocenters. The fourth-order valence-electron chi connectivity index (χ4n) is 1.50. The number of carbonyl (C=O) groups is 2. The van der Waals surface area contributed by atoms with Crippen LogP contribution in [0.1, 0.15) is 12.0 Å². The number of rotatable bonds is 5. The molecule has 7 nitrogen and oxygen atoms in total. The van der Waals surface area contributed by atoms with Crippen molar-refractivity contribution < 1.29 is 23.8 Å². The molecule has 0 fully saturated rings. The number of ether oxygens (including phenoxy) is 3. The van der Waals surface area contributed by atoms with Gasteiger partial charge in [-0.1, -0.05) is 0 Å².